The van der Waals surface area contributed by atoms with Gasteiger partial charge in [-0.05, 0) is 31.0 Å². The number of nitrogens with two attached hydrogens (primary N) is 1. The highest BCUT2D eigenvalue weighted by molar-refractivity contribution is 6.29. The normalized spacial score (nSPS) is 21.6. The van der Waals surface area contributed by atoms with Crippen LogP contribution in [-0.2, 0) is 0 Å². The molecule has 0 spiro atoms. The second-order valence-electron chi connectivity index (χ2n) is 3.67. The van der Waals surface area contributed by atoms with Crippen LogP contribution in [0.1, 0.15) is 6.42 Å². The third kappa shape index (κ3) is 1.99. The molecule has 0 bridgehead atoms. The summed E-state index contributed by atoms with van der Waals surface area (Å²) in [7, 11) is 0. The van der Waals surface area contributed by atoms with Gasteiger partial charge in [0.15, 0.2) is 0 Å². The van der Waals surface area contributed by atoms with Crippen LogP contribution in [0.5, 0.6) is 0 Å². The first kappa shape index (κ1) is 9.74. The Morgan fingerprint density at radius 1 is 1.64 bits per heavy atom. The number of anilines is 1. The highest BCUT2D eigenvalue weighted by atomic mass is 35.5. The van der Waals surface area contributed by atoms with Crippen LogP contribution in [0.25, 0.3) is 0 Å². The zero-order valence-electron chi connectivity index (χ0n) is 7.99. The quantitative estimate of drug-likeness (QED) is 0.755. The molecule has 0 aromatic carbocycles. The van der Waals surface area contributed by atoms with Crippen molar-refractivity contribution < 1.29 is 0 Å². The van der Waals surface area contributed by atoms with Gasteiger partial charge in [0.2, 0.25) is 0 Å². The predicted octanol–water partition coefficient (Wildman–Crippen LogP) is 1.52. The summed E-state index contributed by atoms with van der Waals surface area (Å²) in [5.74, 6) is 0.627. The van der Waals surface area contributed by atoms with Crippen LogP contribution in [0.3, 0.4) is 0 Å². The molecule has 2 heterocycles. The fourth-order valence-corrected chi connectivity index (χ4v) is 2.02. The van der Waals surface area contributed by atoms with Crippen molar-refractivity contribution in [2.75, 3.05) is 24.5 Å². The van der Waals surface area contributed by atoms with Gasteiger partial charge < -0.3 is 10.6 Å². The van der Waals surface area contributed by atoms with Crippen molar-refractivity contribution >= 4 is 17.3 Å². The van der Waals surface area contributed by atoms with E-state index in [4.69, 9.17) is 17.3 Å². The molecule has 0 aliphatic carbocycles. The lowest BCUT2D eigenvalue weighted by Gasteiger charge is -2.18. The molecule has 1 atom stereocenters. The minimum Gasteiger partial charge on any atom is -0.371 e. The summed E-state index contributed by atoms with van der Waals surface area (Å²) in [5.41, 5.74) is 6.79. The van der Waals surface area contributed by atoms with Crippen molar-refractivity contribution in [3.05, 3.63) is 23.5 Å². The molecule has 1 unspecified atom stereocenters. The molecule has 1 aromatic heterocycles. The molecule has 76 valence electrons. The van der Waals surface area contributed by atoms with Crippen LogP contribution in [0.15, 0.2) is 18.3 Å². The van der Waals surface area contributed by atoms with Gasteiger partial charge in [0.05, 0.1) is 0 Å². The van der Waals surface area contributed by atoms with E-state index in [1.807, 2.05) is 12.1 Å². The predicted molar refractivity (Wildman–Crippen MR) is 58.6 cm³/mol. The maximum Gasteiger partial charge on any atom is 0.131 e. The van der Waals surface area contributed by atoms with E-state index in [-0.39, 0.29) is 0 Å². The molecule has 1 fully saturated rings. The number of hydrogen-bond acceptors (Lipinski definition) is 3. The highest BCUT2D eigenvalue weighted by Crippen LogP contribution is 2.24. The van der Waals surface area contributed by atoms with Crippen LogP contribution >= 0.6 is 11.6 Å². The van der Waals surface area contributed by atoms with Gasteiger partial charge in [-0.3, -0.25) is 0 Å². The third-order valence-electron chi connectivity index (χ3n) is 2.69. The van der Waals surface area contributed by atoms with Gasteiger partial charge in [0, 0.05) is 25.0 Å². The first-order valence-electron chi connectivity index (χ1n) is 4.86. The lowest BCUT2D eigenvalue weighted by atomic mass is 10.1. The fraction of sp³-hybridized carbons (Fsp3) is 0.500. The monoisotopic (exact) mass is 211 g/mol. The van der Waals surface area contributed by atoms with Gasteiger partial charge in [-0.15, -0.1) is 0 Å². The Kier molecular flexibility index (Phi) is 2.89. The van der Waals surface area contributed by atoms with E-state index < -0.39 is 0 Å². The van der Waals surface area contributed by atoms with Crippen molar-refractivity contribution in [3.8, 4) is 0 Å². The standard InChI is InChI=1S/C10H14ClN3/c11-10-5-9(1-3-13-10)14-4-2-8(6-12)7-14/h1,3,5,8H,2,4,6-7,12H2. The Morgan fingerprint density at radius 3 is 3.14 bits per heavy atom. The van der Waals surface area contributed by atoms with Crippen molar-refractivity contribution in [3.63, 3.8) is 0 Å². The molecular weight excluding hydrogens is 198 g/mol. The number of aromatic nitrogens is 1. The average molecular weight is 212 g/mol. The fourth-order valence-electron chi connectivity index (χ4n) is 1.85. The van der Waals surface area contributed by atoms with Gasteiger partial charge in [0.1, 0.15) is 5.15 Å². The van der Waals surface area contributed by atoms with Crippen molar-refractivity contribution in [1.82, 2.24) is 4.98 Å². The Bertz CT molecular complexity index is 316. The van der Waals surface area contributed by atoms with Gasteiger partial charge in [-0.2, -0.15) is 0 Å². The van der Waals surface area contributed by atoms with Crippen LogP contribution in [-0.4, -0.2) is 24.6 Å². The SMILES string of the molecule is NCC1CCN(c2ccnc(Cl)c2)C1. The maximum atomic E-state index is 5.83. The van der Waals surface area contributed by atoms with Gasteiger partial charge in [-0.1, -0.05) is 11.6 Å². The van der Waals surface area contributed by atoms with E-state index in [9.17, 15) is 0 Å². The van der Waals surface area contributed by atoms with Crippen molar-refractivity contribution in [1.29, 1.82) is 0 Å². The zero-order chi connectivity index (χ0) is 9.97. The maximum absolute atomic E-state index is 5.83. The Balaban J connectivity index is 2.09. The minimum atomic E-state index is 0.554. The first-order chi connectivity index (χ1) is 6.79. The van der Waals surface area contributed by atoms with Crippen LogP contribution in [0, 0.1) is 5.92 Å². The molecule has 1 aliphatic rings. The molecule has 2 rings (SSSR count). The van der Waals surface area contributed by atoms with Gasteiger partial charge >= 0.3 is 0 Å². The molecular formula is C10H14ClN3. The molecule has 2 N–H and O–H groups in total. The van der Waals surface area contributed by atoms with E-state index in [1.165, 1.54) is 6.42 Å². The molecule has 0 radical (unpaired) electrons. The van der Waals surface area contributed by atoms with E-state index in [0.29, 0.717) is 11.1 Å². The molecule has 0 saturated carbocycles. The summed E-state index contributed by atoms with van der Waals surface area (Å²) >= 11 is 5.83. The molecule has 0 amide bonds. The lowest BCUT2D eigenvalue weighted by Crippen LogP contribution is -2.22. The van der Waals surface area contributed by atoms with E-state index in [2.05, 4.69) is 9.88 Å². The van der Waals surface area contributed by atoms with Crippen LogP contribution in [0.2, 0.25) is 5.15 Å². The Labute approximate surface area is 88.9 Å². The molecule has 3 nitrogen and oxygen atoms in total. The zero-order valence-corrected chi connectivity index (χ0v) is 8.74. The molecule has 4 heteroatoms. The lowest BCUT2D eigenvalue weighted by molar-refractivity contribution is 0.602. The summed E-state index contributed by atoms with van der Waals surface area (Å²) in [6.07, 6.45) is 2.92. The number of rotatable bonds is 2. The van der Waals surface area contributed by atoms with E-state index in [0.717, 1.165) is 25.3 Å². The molecule has 1 saturated heterocycles. The van der Waals surface area contributed by atoms with E-state index >= 15 is 0 Å². The molecule has 14 heavy (non-hydrogen) atoms. The third-order valence-corrected chi connectivity index (χ3v) is 2.90. The smallest absolute Gasteiger partial charge is 0.131 e. The summed E-state index contributed by atoms with van der Waals surface area (Å²) in [6.45, 7) is 2.88. The average Bonchev–Trinajstić information content (AvgIpc) is 2.66. The van der Waals surface area contributed by atoms with Gasteiger partial charge in [-0.25, -0.2) is 4.98 Å². The summed E-state index contributed by atoms with van der Waals surface area (Å²) in [6, 6.07) is 3.89. The Hall–Kier alpha value is -0.800. The number of nitrogens with zero attached hydrogens (tertiary/aromatic N) is 2. The Morgan fingerprint density at radius 2 is 2.50 bits per heavy atom. The summed E-state index contributed by atoms with van der Waals surface area (Å²) < 4.78 is 0. The van der Waals surface area contributed by atoms with Crippen molar-refractivity contribution in [2.45, 2.75) is 6.42 Å². The largest absolute Gasteiger partial charge is 0.371 e. The number of hydrogen-bond donors (Lipinski definition) is 1. The van der Waals surface area contributed by atoms with Crippen LogP contribution < -0.4 is 10.6 Å². The first-order valence-corrected chi connectivity index (χ1v) is 5.24. The summed E-state index contributed by atoms with van der Waals surface area (Å²) in [4.78, 5) is 6.28. The number of halogens is 1. The topological polar surface area (TPSA) is 42.1 Å². The molecule has 1 aliphatic heterocycles. The molecule has 1 aromatic rings. The highest BCUT2D eigenvalue weighted by Gasteiger charge is 2.21. The van der Waals surface area contributed by atoms with Gasteiger partial charge in [0.25, 0.3) is 0 Å². The second-order valence-corrected chi connectivity index (χ2v) is 4.06. The minimum absolute atomic E-state index is 0.554. The van der Waals surface area contributed by atoms with Crippen LogP contribution in [0.4, 0.5) is 5.69 Å². The number of pyridine rings is 1. The second kappa shape index (κ2) is 4.15. The van der Waals surface area contributed by atoms with E-state index in [1.54, 1.807) is 6.20 Å². The van der Waals surface area contributed by atoms with Crippen molar-refractivity contribution in [2.24, 2.45) is 11.7 Å². The summed E-state index contributed by atoms with van der Waals surface area (Å²) in [5, 5.41) is 0.554.